The maximum Gasteiger partial charge on any atom is 0.126 e. The molecule has 2 unspecified atom stereocenters. The Morgan fingerprint density at radius 2 is 1.46 bits per heavy atom. The Morgan fingerprint density at radius 1 is 0.771 bits per heavy atom. The molecule has 0 amide bonds. The van der Waals surface area contributed by atoms with E-state index >= 15 is 0 Å². The molecule has 0 radical (unpaired) electrons. The Hall–Kier alpha value is -2.46. The molecule has 0 aromatic heterocycles. The highest BCUT2D eigenvalue weighted by Gasteiger charge is 2.33. The number of phenols is 1. The van der Waals surface area contributed by atoms with Crippen molar-refractivity contribution in [1.29, 1.82) is 0 Å². The molecule has 0 aliphatic carbocycles. The van der Waals surface area contributed by atoms with Crippen molar-refractivity contribution in [1.82, 2.24) is 0 Å². The number of aromatic hydroxyl groups is 1. The van der Waals surface area contributed by atoms with Gasteiger partial charge in [0.2, 0.25) is 0 Å². The molecule has 3 aromatic rings. The third-order valence-corrected chi connectivity index (χ3v) is 7.48. The summed E-state index contributed by atoms with van der Waals surface area (Å²) in [5, 5.41) is 11.1. The van der Waals surface area contributed by atoms with Crippen LogP contribution in [0, 0.1) is 0 Å². The van der Waals surface area contributed by atoms with Crippen LogP contribution in [0.25, 0.3) is 0 Å². The van der Waals surface area contributed by atoms with Gasteiger partial charge in [-0.15, -0.1) is 0 Å². The molecular formula is C31H37BrO3. The lowest BCUT2D eigenvalue weighted by molar-refractivity contribution is 0.247. The Morgan fingerprint density at radius 3 is 2.17 bits per heavy atom. The van der Waals surface area contributed by atoms with Gasteiger partial charge in [-0.05, 0) is 42.2 Å². The number of benzene rings is 3. The highest BCUT2D eigenvalue weighted by Crippen LogP contribution is 2.47. The van der Waals surface area contributed by atoms with E-state index in [1.165, 1.54) is 56.1 Å². The van der Waals surface area contributed by atoms with Crippen LogP contribution in [0.4, 0.5) is 0 Å². The van der Waals surface area contributed by atoms with E-state index in [1.807, 2.05) is 12.1 Å². The first-order valence-electron chi connectivity index (χ1n) is 13.1. The van der Waals surface area contributed by atoms with Gasteiger partial charge in [0, 0.05) is 28.8 Å². The van der Waals surface area contributed by atoms with Crippen molar-refractivity contribution >= 4 is 15.9 Å². The summed E-state index contributed by atoms with van der Waals surface area (Å²) >= 11 is 3.50. The van der Waals surface area contributed by atoms with Crippen LogP contribution >= 0.6 is 15.9 Å². The van der Waals surface area contributed by atoms with Gasteiger partial charge in [-0.2, -0.15) is 0 Å². The second kappa shape index (κ2) is 13.6. The van der Waals surface area contributed by atoms with Crippen LogP contribution in [-0.2, 0) is 0 Å². The van der Waals surface area contributed by atoms with Crippen LogP contribution in [0.1, 0.15) is 79.9 Å². The van der Waals surface area contributed by atoms with Crippen LogP contribution in [0.5, 0.6) is 17.2 Å². The first kappa shape index (κ1) is 25.6. The molecule has 1 aliphatic heterocycles. The molecule has 4 heteroatoms. The number of phenolic OH excluding ortho intramolecular Hbond substituents is 1. The molecule has 0 bridgehead atoms. The molecule has 3 aromatic carbocycles. The first-order chi connectivity index (χ1) is 17.3. The molecule has 0 saturated heterocycles. The topological polar surface area (TPSA) is 38.7 Å². The summed E-state index contributed by atoms with van der Waals surface area (Å²) in [4.78, 5) is 0. The van der Waals surface area contributed by atoms with Crippen molar-refractivity contribution in [3.8, 4) is 17.2 Å². The van der Waals surface area contributed by atoms with Crippen molar-refractivity contribution in [2.75, 3.05) is 18.5 Å². The lowest BCUT2D eigenvalue weighted by atomic mass is 9.76. The van der Waals surface area contributed by atoms with Crippen LogP contribution in [0.2, 0.25) is 0 Å². The van der Waals surface area contributed by atoms with Gasteiger partial charge in [-0.25, -0.2) is 0 Å². The van der Waals surface area contributed by atoms with Gasteiger partial charge in [0.25, 0.3) is 0 Å². The zero-order valence-electron chi connectivity index (χ0n) is 20.5. The summed E-state index contributed by atoms with van der Waals surface area (Å²) in [7, 11) is 0. The molecule has 1 aliphatic rings. The number of hydrogen-bond acceptors (Lipinski definition) is 3. The van der Waals surface area contributed by atoms with Gasteiger partial charge in [-0.1, -0.05) is 103 Å². The van der Waals surface area contributed by atoms with E-state index in [9.17, 15) is 5.11 Å². The summed E-state index contributed by atoms with van der Waals surface area (Å²) in [5.41, 5.74) is 3.62. The molecule has 186 valence electrons. The van der Waals surface area contributed by atoms with Crippen LogP contribution < -0.4 is 9.47 Å². The van der Waals surface area contributed by atoms with E-state index in [1.54, 1.807) is 12.1 Å². The number of ether oxygens (including phenoxy) is 2. The third kappa shape index (κ3) is 7.27. The fraction of sp³-hybridized carbons (Fsp3) is 0.419. The molecule has 2 atom stereocenters. The summed E-state index contributed by atoms with van der Waals surface area (Å²) in [6.45, 7) is 1.36. The highest BCUT2D eigenvalue weighted by molar-refractivity contribution is 9.09. The van der Waals surface area contributed by atoms with Crippen molar-refractivity contribution in [2.24, 2.45) is 0 Å². The van der Waals surface area contributed by atoms with E-state index in [0.29, 0.717) is 6.61 Å². The van der Waals surface area contributed by atoms with Crippen LogP contribution in [0.15, 0.2) is 72.8 Å². The van der Waals surface area contributed by atoms with Crippen molar-refractivity contribution in [3.63, 3.8) is 0 Å². The number of hydrogen-bond donors (Lipinski definition) is 1. The zero-order chi connectivity index (χ0) is 24.3. The number of halogens is 1. The fourth-order valence-electron chi connectivity index (χ4n) is 5.02. The SMILES string of the molecule is Oc1ccc2c(c1)OCC(c1ccccc1)C2c1ccc(OCCCCCCCCCCBr)cc1. The van der Waals surface area contributed by atoms with Crippen molar-refractivity contribution < 1.29 is 14.6 Å². The molecule has 1 N–H and O–H groups in total. The van der Waals surface area contributed by atoms with Crippen molar-refractivity contribution in [3.05, 3.63) is 89.5 Å². The minimum atomic E-state index is 0.158. The van der Waals surface area contributed by atoms with Crippen LogP contribution in [-0.4, -0.2) is 23.7 Å². The first-order valence-corrected chi connectivity index (χ1v) is 14.2. The van der Waals surface area contributed by atoms with Gasteiger partial charge in [0.15, 0.2) is 0 Å². The summed E-state index contributed by atoms with van der Waals surface area (Å²) in [6.07, 6.45) is 10.3. The highest BCUT2D eigenvalue weighted by atomic mass is 79.9. The summed E-state index contributed by atoms with van der Waals surface area (Å²) < 4.78 is 12.1. The van der Waals surface area contributed by atoms with Gasteiger partial charge in [0.1, 0.15) is 17.2 Å². The predicted octanol–water partition coefficient (Wildman–Crippen LogP) is 8.59. The largest absolute Gasteiger partial charge is 0.508 e. The van der Waals surface area contributed by atoms with Gasteiger partial charge in [0.05, 0.1) is 13.2 Å². The Kier molecular flexibility index (Phi) is 9.94. The maximum atomic E-state index is 9.96. The maximum absolute atomic E-state index is 9.96. The number of fused-ring (bicyclic) bond motifs is 1. The molecule has 0 spiro atoms. The summed E-state index contributed by atoms with van der Waals surface area (Å²) in [5.74, 6) is 2.30. The smallest absolute Gasteiger partial charge is 0.126 e. The zero-order valence-corrected chi connectivity index (χ0v) is 22.1. The average Bonchev–Trinajstić information content (AvgIpc) is 2.90. The third-order valence-electron chi connectivity index (χ3n) is 6.92. The Bertz CT molecular complexity index is 1020. The minimum Gasteiger partial charge on any atom is -0.508 e. The Balaban J connectivity index is 1.34. The molecule has 0 fully saturated rings. The van der Waals surface area contributed by atoms with Crippen molar-refractivity contribution in [2.45, 2.75) is 63.2 Å². The molecule has 3 nitrogen and oxygen atoms in total. The van der Waals surface area contributed by atoms with Gasteiger partial charge < -0.3 is 14.6 Å². The van der Waals surface area contributed by atoms with Gasteiger partial charge in [-0.3, -0.25) is 0 Å². The second-order valence-electron chi connectivity index (χ2n) is 9.46. The monoisotopic (exact) mass is 536 g/mol. The normalized spacial score (nSPS) is 16.9. The standard InChI is InChI=1S/C31H37BrO3/c32-20-10-5-3-1-2-4-6-11-21-34-27-17-14-25(15-18-27)31-28-19-16-26(33)22-30(28)35-23-29(31)24-12-8-7-9-13-24/h7-9,12-19,22,29,31,33H,1-6,10-11,20-21,23H2. The second-order valence-corrected chi connectivity index (χ2v) is 10.3. The van der Waals surface area contributed by atoms with E-state index < -0.39 is 0 Å². The lowest BCUT2D eigenvalue weighted by Crippen LogP contribution is -2.25. The minimum absolute atomic E-state index is 0.158. The molecule has 0 saturated carbocycles. The van der Waals surface area contributed by atoms with E-state index in [4.69, 9.17) is 9.47 Å². The van der Waals surface area contributed by atoms with E-state index in [-0.39, 0.29) is 17.6 Å². The number of rotatable bonds is 13. The van der Waals surface area contributed by atoms with E-state index in [0.717, 1.165) is 35.4 Å². The number of alkyl halides is 1. The Labute approximate surface area is 218 Å². The molecule has 1 heterocycles. The quantitative estimate of drug-likeness (QED) is 0.175. The average molecular weight is 538 g/mol. The van der Waals surface area contributed by atoms with E-state index in [2.05, 4.69) is 64.5 Å². The summed E-state index contributed by atoms with van der Waals surface area (Å²) in [6, 6.07) is 24.6. The van der Waals surface area contributed by atoms with Crippen LogP contribution in [0.3, 0.4) is 0 Å². The molecule has 35 heavy (non-hydrogen) atoms. The van der Waals surface area contributed by atoms with Gasteiger partial charge >= 0.3 is 0 Å². The fourth-order valence-corrected chi connectivity index (χ4v) is 5.41. The predicted molar refractivity (Wildman–Crippen MR) is 147 cm³/mol. The lowest BCUT2D eigenvalue weighted by Gasteiger charge is -2.34. The molecular weight excluding hydrogens is 500 g/mol. The number of unbranched alkanes of at least 4 members (excludes halogenated alkanes) is 7. The molecule has 4 rings (SSSR count).